The predicted molar refractivity (Wildman–Crippen MR) is 76.6 cm³/mol. The molecule has 1 N–H and O–H groups in total. The molecule has 0 unspecified atom stereocenters. The maximum Gasteiger partial charge on any atom is 0.401 e. The summed E-state index contributed by atoms with van der Waals surface area (Å²) in [6.07, 6.45) is -0.764. The number of hydrogen-bond donors (Lipinski definition) is 1. The third kappa shape index (κ3) is 4.98. The molecule has 1 aliphatic heterocycles. The molecule has 1 aliphatic rings. The quantitative estimate of drug-likeness (QED) is 0.928. The summed E-state index contributed by atoms with van der Waals surface area (Å²) < 4.78 is 36.9. The van der Waals surface area contributed by atoms with Crippen LogP contribution in [0.2, 0.25) is 0 Å². The standard InChI is InChI=1S/C15H20F3N3O/c1-2-12-4-3-11(9-19-12)14(22)20-13-5-7-21(8-6-13)10-15(16,17)18/h3-4,9,13H,2,5-8,10H2,1H3,(H,20,22). The van der Waals surface area contributed by atoms with E-state index in [0.29, 0.717) is 31.5 Å². The van der Waals surface area contributed by atoms with Crippen molar-refractivity contribution in [1.29, 1.82) is 0 Å². The van der Waals surface area contributed by atoms with Crippen molar-refractivity contribution in [3.05, 3.63) is 29.6 Å². The molecule has 0 bridgehead atoms. The van der Waals surface area contributed by atoms with Crippen LogP contribution in [0.25, 0.3) is 0 Å². The topological polar surface area (TPSA) is 45.2 Å². The number of carbonyl (C=O) groups excluding carboxylic acids is 1. The summed E-state index contributed by atoms with van der Waals surface area (Å²) in [6, 6.07) is 3.45. The van der Waals surface area contributed by atoms with E-state index in [-0.39, 0.29) is 11.9 Å². The van der Waals surface area contributed by atoms with Gasteiger partial charge in [0.1, 0.15) is 0 Å². The Hall–Kier alpha value is -1.63. The highest BCUT2D eigenvalue weighted by Crippen LogP contribution is 2.20. The lowest BCUT2D eigenvalue weighted by atomic mass is 10.0. The molecule has 1 aromatic heterocycles. The van der Waals surface area contributed by atoms with Gasteiger partial charge in [0.15, 0.2) is 0 Å². The molecule has 22 heavy (non-hydrogen) atoms. The summed E-state index contributed by atoms with van der Waals surface area (Å²) in [4.78, 5) is 17.6. The van der Waals surface area contributed by atoms with Crippen LogP contribution in [0.15, 0.2) is 18.3 Å². The zero-order valence-corrected chi connectivity index (χ0v) is 12.5. The number of alkyl halides is 3. The zero-order chi connectivity index (χ0) is 16.2. The van der Waals surface area contributed by atoms with Crippen LogP contribution in [0, 0.1) is 0 Å². The highest BCUT2D eigenvalue weighted by atomic mass is 19.4. The molecule has 1 fully saturated rings. The van der Waals surface area contributed by atoms with Gasteiger partial charge in [-0.1, -0.05) is 6.92 Å². The van der Waals surface area contributed by atoms with E-state index in [2.05, 4.69) is 10.3 Å². The van der Waals surface area contributed by atoms with Crippen LogP contribution in [-0.2, 0) is 6.42 Å². The van der Waals surface area contributed by atoms with Crippen LogP contribution in [0.4, 0.5) is 13.2 Å². The summed E-state index contributed by atoms with van der Waals surface area (Å²) in [6.45, 7) is 1.79. The van der Waals surface area contributed by atoms with Gasteiger partial charge < -0.3 is 5.32 Å². The minimum Gasteiger partial charge on any atom is -0.349 e. The number of piperidine rings is 1. The lowest BCUT2D eigenvalue weighted by molar-refractivity contribution is -0.148. The van der Waals surface area contributed by atoms with Crippen LogP contribution in [0.3, 0.4) is 0 Å². The molecule has 1 amide bonds. The van der Waals surface area contributed by atoms with Gasteiger partial charge in [-0.15, -0.1) is 0 Å². The molecule has 7 heteroatoms. The lowest BCUT2D eigenvalue weighted by Gasteiger charge is -2.32. The number of amides is 1. The maximum atomic E-state index is 12.3. The predicted octanol–water partition coefficient (Wildman–Crippen LogP) is 2.40. The van der Waals surface area contributed by atoms with Gasteiger partial charge in [-0.2, -0.15) is 13.2 Å². The third-order valence-electron chi connectivity index (χ3n) is 3.77. The van der Waals surface area contributed by atoms with Crippen molar-refractivity contribution in [3.63, 3.8) is 0 Å². The van der Waals surface area contributed by atoms with Crippen molar-refractivity contribution in [1.82, 2.24) is 15.2 Å². The number of nitrogens with one attached hydrogen (secondary N) is 1. The monoisotopic (exact) mass is 315 g/mol. The number of nitrogens with zero attached hydrogens (tertiary/aromatic N) is 2. The van der Waals surface area contributed by atoms with Crippen molar-refractivity contribution in [3.8, 4) is 0 Å². The van der Waals surface area contributed by atoms with E-state index in [9.17, 15) is 18.0 Å². The largest absolute Gasteiger partial charge is 0.401 e. The van der Waals surface area contributed by atoms with E-state index in [1.165, 1.54) is 11.1 Å². The lowest BCUT2D eigenvalue weighted by Crippen LogP contribution is -2.47. The highest BCUT2D eigenvalue weighted by Gasteiger charge is 2.32. The van der Waals surface area contributed by atoms with E-state index >= 15 is 0 Å². The van der Waals surface area contributed by atoms with Gasteiger partial charge >= 0.3 is 6.18 Å². The zero-order valence-electron chi connectivity index (χ0n) is 12.5. The third-order valence-corrected chi connectivity index (χ3v) is 3.77. The van der Waals surface area contributed by atoms with Gasteiger partial charge in [0.05, 0.1) is 12.1 Å². The number of carbonyl (C=O) groups is 1. The number of halogens is 3. The Morgan fingerprint density at radius 1 is 1.36 bits per heavy atom. The molecular formula is C15H20F3N3O. The molecule has 2 heterocycles. The summed E-state index contributed by atoms with van der Waals surface area (Å²) >= 11 is 0. The van der Waals surface area contributed by atoms with E-state index < -0.39 is 12.7 Å². The Morgan fingerprint density at radius 2 is 2.05 bits per heavy atom. The van der Waals surface area contributed by atoms with Crippen molar-refractivity contribution in [2.24, 2.45) is 0 Å². The first-order valence-electron chi connectivity index (χ1n) is 7.42. The Morgan fingerprint density at radius 3 is 2.55 bits per heavy atom. The first kappa shape index (κ1) is 16.7. The van der Waals surface area contributed by atoms with Crippen LogP contribution in [0.1, 0.15) is 35.8 Å². The van der Waals surface area contributed by atoms with Crippen LogP contribution in [0.5, 0.6) is 0 Å². The van der Waals surface area contributed by atoms with Gasteiger partial charge in [-0.25, -0.2) is 0 Å². The molecule has 1 saturated heterocycles. The van der Waals surface area contributed by atoms with Crippen LogP contribution < -0.4 is 5.32 Å². The first-order valence-corrected chi connectivity index (χ1v) is 7.42. The van der Waals surface area contributed by atoms with E-state index in [4.69, 9.17) is 0 Å². The average Bonchev–Trinajstić information content (AvgIpc) is 2.48. The minimum absolute atomic E-state index is 0.0807. The molecule has 0 saturated carbocycles. The van der Waals surface area contributed by atoms with E-state index in [0.717, 1.165) is 12.1 Å². The maximum absolute atomic E-state index is 12.3. The minimum atomic E-state index is -4.16. The molecule has 0 aliphatic carbocycles. The summed E-state index contributed by atoms with van der Waals surface area (Å²) in [5.41, 5.74) is 1.40. The number of pyridine rings is 1. The van der Waals surface area contributed by atoms with Gasteiger partial charge in [0, 0.05) is 31.0 Å². The van der Waals surface area contributed by atoms with Crippen LogP contribution >= 0.6 is 0 Å². The second-order valence-electron chi connectivity index (χ2n) is 5.53. The van der Waals surface area contributed by atoms with E-state index in [1.54, 1.807) is 12.1 Å². The SMILES string of the molecule is CCc1ccc(C(=O)NC2CCN(CC(F)(F)F)CC2)cn1. The van der Waals surface area contributed by atoms with Gasteiger partial charge in [0.25, 0.3) is 5.91 Å². The normalized spacial score (nSPS) is 17.5. The number of hydrogen-bond acceptors (Lipinski definition) is 3. The molecule has 122 valence electrons. The van der Waals surface area contributed by atoms with Crippen molar-refractivity contribution in [2.75, 3.05) is 19.6 Å². The fourth-order valence-corrected chi connectivity index (χ4v) is 2.53. The first-order chi connectivity index (χ1) is 10.4. The van der Waals surface area contributed by atoms with Crippen molar-refractivity contribution in [2.45, 2.75) is 38.4 Å². The molecular weight excluding hydrogens is 295 g/mol. The molecule has 2 rings (SSSR count). The van der Waals surface area contributed by atoms with Crippen molar-refractivity contribution >= 4 is 5.91 Å². The number of aryl methyl sites for hydroxylation is 1. The summed E-state index contributed by atoms with van der Waals surface area (Å²) in [5, 5.41) is 2.87. The van der Waals surface area contributed by atoms with Crippen molar-refractivity contribution < 1.29 is 18.0 Å². The molecule has 4 nitrogen and oxygen atoms in total. The number of likely N-dealkylation sites (tertiary alicyclic amines) is 1. The number of aromatic nitrogens is 1. The Labute approximate surface area is 127 Å². The van der Waals surface area contributed by atoms with E-state index in [1.807, 2.05) is 6.92 Å². The Kier molecular flexibility index (Phi) is 5.39. The summed E-state index contributed by atoms with van der Waals surface area (Å²) in [5.74, 6) is -0.218. The van der Waals surface area contributed by atoms with Gasteiger partial charge in [-0.05, 0) is 31.4 Å². The molecule has 0 radical (unpaired) electrons. The Bertz CT molecular complexity index is 494. The second-order valence-corrected chi connectivity index (χ2v) is 5.53. The molecule has 1 aromatic rings. The fourth-order valence-electron chi connectivity index (χ4n) is 2.53. The van der Waals surface area contributed by atoms with Crippen LogP contribution in [-0.4, -0.2) is 47.6 Å². The van der Waals surface area contributed by atoms with Gasteiger partial charge in [-0.3, -0.25) is 14.7 Å². The average molecular weight is 315 g/mol. The van der Waals surface area contributed by atoms with Gasteiger partial charge in [0.2, 0.25) is 0 Å². The highest BCUT2D eigenvalue weighted by molar-refractivity contribution is 5.94. The Balaban J connectivity index is 1.81. The molecule has 0 aromatic carbocycles. The molecule has 0 spiro atoms. The second kappa shape index (κ2) is 7.09. The smallest absolute Gasteiger partial charge is 0.349 e. The number of rotatable bonds is 4. The molecule has 0 atom stereocenters. The fraction of sp³-hybridized carbons (Fsp3) is 0.600. The summed E-state index contributed by atoms with van der Waals surface area (Å²) in [7, 11) is 0.